The summed E-state index contributed by atoms with van der Waals surface area (Å²) in [5, 5.41) is 9.70. The molecule has 1 N–H and O–H groups in total. The summed E-state index contributed by atoms with van der Waals surface area (Å²) in [6.07, 6.45) is 1.77. The van der Waals surface area contributed by atoms with Crippen LogP contribution in [0.4, 0.5) is 5.69 Å². The minimum absolute atomic E-state index is 0.127. The van der Waals surface area contributed by atoms with E-state index in [-0.39, 0.29) is 17.5 Å². The molecule has 1 fully saturated rings. The zero-order valence-corrected chi connectivity index (χ0v) is 17.6. The predicted molar refractivity (Wildman–Crippen MR) is 124 cm³/mol. The Morgan fingerprint density at radius 2 is 1.58 bits per heavy atom. The maximum absolute atomic E-state index is 13.4. The van der Waals surface area contributed by atoms with Crippen LogP contribution in [0, 0.1) is 0 Å². The fourth-order valence-corrected chi connectivity index (χ4v) is 4.34. The Hall–Kier alpha value is -3.64. The van der Waals surface area contributed by atoms with E-state index in [2.05, 4.69) is 0 Å². The average Bonchev–Trinajstić information content (AvgIpc) is 3.09. The number of amides is 1. The van der Waals surface area contributed by atoms with Gasteiger partial charge in [-0.3, -0.25) is 9.69 Å². The highest BCUT2D eigenvalue weighted by Crippen LogP contribution is 2.39. The quantitative estimate of drug-likeness (QED) is 0.525. The van der Waals surface area contributed by atoms with Gasteiger partial charge in [0.1, 0.15) is 0 Å². The number of hydrogen-bond donors (Lipinski definition) is 1. The normalized spacial score (nSPS) is 17.3. The number of carbonyl (C=O) groups excluding carboxylic acids is 1. The van der Waals surface area contributed by atoms with Gasteiger partial charge in [-0.25, -0.2) is 9.79 Å². The van der Waals surface area contributed by atoms with Gasteiger partial charge in [-0.05, 0) is 60.2 Å². The third-order valence-electron chi connectivity index (χ3n) is 4.94. The molecule has 3 aromatic rings. The first-order valence-corrected chi connectivity index (χ1v) is 10.6. The molecule has 1 aliphatic heterocycles. The third-order valence-corrected chi connectivity index (χ3v) is 5.93. The van der Waals surface area contributed by atoms with Crippen LogP contribution in [-0.2, 0) is 4.79 Å². The standard InChI is InChI=1S/C25H20N2O3S/c1-17(19-8-4-2-5-9-19)27-23(28)22(16-18-12-14-20(15-13-18)24(29)30)31-25(27)26-21-10-6-3-7-11-21/h2-17H,1H3,(H,29,30)/b22-16+,26-25?/t17-/m1/s1. The summed E-state index contributed by atoms with van der Waals surface area (Å²) in [6.45, 7) is 1.99. The van der Waals surface area contributed by atoms with Crippen molar-refractivity contribution in [3.63, 3.8) is 0 Å². The van der Waals surface area contributed by atoms with E-state index < -0.39 is 5.97 Å². The van der Waals surface area contributed by atoms with Crippen LogP contribution in [0.25, 0.3) is 6.08 Å². The molecule has 5 nitrogen and oxygen atoms in total. The summed E-state index contributed by atoms with van der Waals surface area (Å²) >= 11 is 1.32. The lowest BCUT2D eigenvalue weighted by Crippen LogP contribution is -2.32. The smallest absolute Gasteiger partial charge is 0.335 e. The second-order valence-electron chi connectivity index (χ2n) is 7.03. The molecular weight excluding hydrogens is 408 g/mol. The van der Waals surface area contributed by atoms with Crippen LogP contribution in [0.15, 0.2) is 94.8 Å². The van der Waals surface area contributed by atoms with Gasteiger partial charge < -0.3 is 5.11 Å². The highest BCUT2D eigenvalue weighted by Gasteiger charge is 2.37. The third kappa shape index (κ3) is 4.59. The Morgan fingerprint density at radius 1 is 0.968 bits per heavy atom. The number of carbonyl (C=O) groups is 2. The Labute approximate surface area is 184 Å². The first-order chi connectivity index (χ1) is 15.0. The molecule has 1 saturated heterocycles. The predicted octanol–water partition coefficient (Wildman–Crippen LogP) is 5.75. The summed E-state index contributed by atoms with van der Waals surface area (Å²) in [5.41, 5.74) is 2.76. The minimum atomic E-state index is -0.981. The summed E-state index contributed by atoms with van der Waals surface area (Å²) in [4.78, 5) is 31.4. The summed E-state index contributed by atoms with van der Waals surface area (Å²) < 4.78 is 0. The summed E-state index contributed by atoms with van der Waals surface area (Å²) in [6, 6.07) is 25.6. The van der Waals surface area contributed by atoms with Crippen molar-refractivity contribution >= 4 is 40.6 Å². The second kappa shape index (κ2) is 9.02. The van der Waals surface area contributed by atoms with E-state index in [1.54, 1.807) is 23.1 Å². The molecule has 1 atom stereocenters. The number of hydrogen-bond acceptors (Lipinski definition) is 4. The number of nitrogens with zero attached hydrogens (tertiary/aromatic N) is 2. The van der Waals surface area contributed by atoms with Gasteiger partial charge in [-0.15, -0.1) is 0 Å². The van der Waals surface area contributed by atoms with E-state index >= 15 is 0 Å². The molecule has 31 heavy (non-hydrogen) atoms. The van der Waals surface area contributed by atoms with Crippen molar-refractivity contribution in [2.75, 3.05) is 0 Å². The fraction of sp³-hybridized carbons (Fsp3) is 0.0800. The van der Waals surface area contributed by atoms with Crippen LogP contribution in [-0.4, -0.2) is 27.1 Å². The number of aromatic carboxylic acids is 1. The molecule has 0 radical (unpaired) electrons. The molecule has 3 aromatic carbocycles. The van der Waals surface area contributed by atoms with Crippen LogP contribution in [0.1, 0.15) is 34.5 Å². The zero-order chi connectivity index (χ0) is 21.8. The van der Waals surface area contributed by atoms with Crippen LogP contribution in [0.2, 0.25) is 0 Å². The Bertz CT molecular complexity index is 1160. The van der Waals surface area contributed by atoms with E-state index in [0.717, 1.165) is 16.8 Å². The monoisotopic (exact) mass is 428 g/mol. The number of carboxylic acids is 1. The Balaban J connectivity index is 1.71. The van der Waals surface area contributed by atoms with Gasteiger partial charge >= 0.3 is 5.97 Å². The Morgan fingerprint density at radius 3 is 2.19 bits per heavy atom. The number of rotatable bonds is 5. The van der Waals surface area contributed by atoms with Crippen LogP contribution >= 0.6 is 11.8 Å². The molecule has 4 rings (SSSR count). The first-order valence-electron chi connectivity index (χ1n) is 9.78. The number of benzene rings is 3. The highest BCUT2D eigenvalue weighted by atomic mass is 32.2. The minimum Gasteiger partial charge on any atom is -0.478 e. The van der Waals surface area contributed by atoms with Crippen LogP contribution in [0.5, 0.6) is 0 Å². The van der Waals surface area contributed by atoms with Gasteiger partial charge in [0.15, 0.2) is 5.17 Å². The maximum atomic E-state index is 13.4. The fourth-order valence-electron chi connectivity index (χ4n) is 3.27. The molecule has 1 amide bonds. The summed E-state index contributed by atoms with van der Waals surface area (Å²) in [7, 11) is 0. The zero-order valence-electron chi connectivity index (χ0n) is 16.8. The highest BCUT2D eigenvalue weighted by molar-refractivity contribution is 8.18. The van der Waals surface area contributed by atoms with Gasteiger partial charge in [0.25, 0.3) is 5.91 Å². The lowest BCUT2D eigenvalue weighted by molar-refractivity contribution is -0.123. The SMILES string of the molecule is C[C@H](c1ccccc1)N1C(=O)/C(=C\c2ccc(C(=O)O)cc2)SC1=Nc1ccccc1. The molecular formula is C25H20N2O3S. The lowest BCUT2D eigenvalue weighted by atomic mass is 10.1. The van der Waals surface area contributed by atoms with Crippen molar-refractivity contribution in [2.24, 2.45) is 4.99 Å². The van der Waals surface area contributed by atoms with Gasteiger partial charge in [-0.2, -0.15) is 0 Å². The number of carboxylic acid groups (broad SMARTS) is 1. The van der Waals surface area contributed by atoms with Crippen LogP contribution < -0.4 is 0 Å². The van der Waals surface area contributed by atoms with E-state index in [9.17, 15) is 9.59 Å². The Kier molecular flexibility index (Phi) is 6.00. The van der Waals surface area contributed by atoms with Crippen LogP contribution in [0.3, 0.4) is 0 Å². The van der Waals surface area contributed by atoms with E-state index in [1.807, 2.05) is 67.6 Å². The molecule has 0 spiro atoms. The maximum Gasteiger partial charge on any atom is 0.335 e. The van der Waals surface area contributed by atoms with E-state index in [1.165, 1.54) is 23.9 Å². The number of aliphatic imine (C=N–C) groups is 1. The molecule has 1 heterocycles. The second-order valence-corrected chi connectivity index (χ2v) is 8.04. The number of amidine groups is 1. The summed E-state index contributed by atoms with van der Waals surface area (Å²) in [5.74, 6) is -1.11. The molecule has 1 aliphatic rings. The number of para-hydroxylation sites is 1. The van der Waals surface area contributed by atoms with Crippen molar-refractivity contribution in [3.8, 4) is 0 Å². The average molecular weight is 429 g/mol. The van der Waals surface area contributed by atoms with Crippen molar-refractivity contribution in [1.82, 2.24) is 4.90 Å². The first kappa shape index (κ1) is 20.6. The topological polar surface area (TPSA) is 70.0 Å². The molecule has 0 saturated carbocycles. The molecule has 0 aliphatic carbocycles. The van der Waals surface area contributed by atoms with Crippen molar-refractivity contribution in [1.29, 1.82) is 0 Å². The number of thioether (sulfide) groups is 1. The largest absolute Gasteiger partial charge is 0.478 e. The van der Waals surface area contributed by atoms with Gasteiger partial charge in [-0.1, -0.05) is 60.7 Å². The lowest BCUT2D eigenvalue weighted by Gasteiger charge is -2.24. The van der Waals surface area contributed by atoms with E-state index in [0.29, 0.717) is 10.1 Å². The molecule has 154 valence electrons. The molecule has 0 bridgehead atoms. The van der Waals surface area contributed by atoms with Crippen molar-refractivity contribution < 1.29 is 14.7 Å². The van der Waals surface area contributed by atoms with Crippen molar-refractivity contribution in [3.05, 3.63) is 107 Å². The molecule has 0 unspecified atom stereocenters. The van der Waals surface area contributed by atoms with Gasteiger partial charge in [0.05, 0.1) is 22.2 Å². The van der Waals surface area contributed by atoms with E-state index in [4.69, 9.17) is 10.1 Å². The van der Waals surface area contributed by atoms with Crippen molar-refractivity contribution in [2.45, 2.75) is 13.0 Å². The van der Waals surface area contributed by atoms with Gasteiger partial charge in [0, 0.05) is 0 Å². The van der Waals surface area contributed by atoms with Gasteiger partial charge in [0.2, 0.25) is 0 Å². The molecule has 0 aromatic heterocycles. The molecule has 6 heteroatoms.